The molecular weight excluding hydrogens is 250 g/mol. The Hall–Kier alpha value is -1.75. The summed E-state index contributed by atoms with van der Waals surface area (Å²) in [5.74, 6) is -0.369. The number of fused-ring (bicyclic) bond motifs is 1. The van der Waals surface area contributed by atoms with Crippen LogP contribution in [0.15, 0.2) is 24.3 Å². The van der Waals surface area contributed by atoms with Crippen LogP contribution in [0, 0.1) is 0 Å². The molecule has 1 heterocycles. The molecule has 1 aromatic carbocycles. The van der Waals surface area contributed by atoms with Crippen molar-refractivity contribution in [3.63, 3.8) is 0 Å². The number of aryl methyl sites for hydroxylation is 1. The molecule has 0 aliphatic rings. The maximum absolute atomic E-state index is 11.2. The second kappa shape index (κ2) is 5.27. The molecule has 0 saturated carbocycles. The molecule has 0 saturated heterocycles. The zero-order valence-electron chi connectivity index (χ0n) is 9.90. The number of benzene rings is 1. The van der Waals surface area contributed by atoms with Gasteiger partial charge in [0.2, 0.25) is 0 Å². The Labute approximate surface area is 108 Å². The summed E-state index contributed by atoms with van der Waals surface area (Å²) in [5, 5.41) is 10.1. The van der Waals surface area contributed by atoms with E-state index in [1.54, 1.807) is 0 Å². The highest BCUT2D eigenvalue weighted by Gasteiger charge is 2.16. The fraction of sp³-hybridized carbons (Fsp3) is 0.231. The van der Waals surface area contributed by atoms with Crippen molar-refractivity contribution in [3.8, 4) is 0 Å². The zero-order chi connectivity index (χ0) is 13.1. The molecule has 5 heteroatoms. The molecule has 0 atom stereocenters. The van der Waals surface area contributed by atoms with Crippen LogP contribution >= 0.6 is 11.8 Å². The number of aromatic amines is 1. The van der Waals surface area contributed by atoms with E-state index in [9.17, 15) is 14.7 Å². The van der Waals surface area contributed by atoms with Crippen molar-refractivity contribution in [1.29, 1.82) is 0 Å². The summed E-state index contributed by atoms with van der Waals surface area (Å²) in [6.07, 6.45) is 0.565. The van der Waals surface area contributed by atoms with Crippen molar-refractivity contribution in [2.24, 2.45) is 0 Å². The first-order valence-electron chi connectivity index (χ1n) is 5.56. The first-order valence-corrected chi connectivity index (χ1v) is 6.54. The lowest BCUT2D eigenvalue weighted by Crippen LogP contribution is -2.02. The lowest BCUT2D eigenvalue weighted by Gasteiger charge is -2.00. The molecule has 0 fully saturated rings. The summed E-state index contributed by atoms with van der Waals surface area (Å²) in [7, 11) is 0. The molecule has 0 radical (unpaired) electrons. The molecule has 0 spiro atoms. The summed E-state index contributed by atoms with van der Waals surface area (Å²) in [4.78, 5) is 25.0. The van der Waals surface area contributed by atoms with Crippen LogP contribution in [0.4, 0.5) is 0 Å². The van der Waals surface area contributed by atoms with Gasteiger partial charge in [0.1, 0.15) is 5.69 Å². The Morgan fingerprint density at radius 2 is 2.06 bits per heavy atom. The average molecular weight is 263 g/mol. The van der Waals surface area contributed by atoms with E-state index in [1.807, 2.05) is 24.3 Å². The smallest absolute Gasteiger partial charge is 0.352 e. The van der Waals surface area contributed by atoms with Gasteiger partial charge in [0, 0.05) is 23.6 Å². The van der Waals surface area contributed by atoms with Gasteiger partial charge in [0.05, 0.1) is 0 Å². The van der Waals surface area contributed by atoms with E-state index in [2.05, 4.69) is 4.98 Å². The van der Waals surface area contributed by atoms with Gasteiger partial charge in [-0.1, -0.05) is 30.0 Å². The van der Waals surface area contributed by atoms with E-state index in [-0.39, 0.29) is 10.8 Å². The number of nitrogens with one attached hydrogen (secondary N) is 1. The summed E-state index contributed by atoms with van der Waals surface area (Å²) in [6.45, 7) is 1.51. The minimum absolute atomic E-state index is 0.0479. The first kappa shape index (κ1) is 12.7. The van der Waals surface area contributed by atoms with Gasteiger partial charge in [-0.3, -0.25) is 4.79 Å². The third kappa shape index (κ3) is 2.56. The quantitative estimate of drug-likeness (QED) is 0.889. The third-order valence-electron chi connectivity index (χ3n) is 2.68. The fourth-order valence-electron chi connectivity index (χ4n) is 1.94. The van der Waals surface area contributed by atoms with Crippen LogP contribution in [0.5, 0.6) is 0 Å². The fourth-order valence-corrected chi connectivity index (χ4v) is 2.53. The SMILES string of the molecule is CC(=O)SCCc1c(C(=O)O)[nH]c2ccccc12. The normalized spacial score (nSPS) is 10.7. The van der Waals surface area contributed by atoms with Gasteiger partial charge >= 0.3 is 5.97 Å². The topological polar surface area (TPSA) is 70.2 Å². The number of aromatic carboxylic acids is 1. The number of hydrogen-bond acceptors (Lipinski definition) is 3. The van der Waals surface area contributed by atoms with Gasteiger partial charge in [-0.15, -0.1) is 0 Å². The van der Waals surface area contributed by atoms with Crippen LogP contribution in [-0.2, 0) is 11.2 Å². The number of aromatic nitrogens is 1. The minimum atomic E-state index is -0.964. The van der Waals surface area contributed by atoms with Crippen molar-refractivity contribution >= 4 is 33.7 Å². The largest absolute Gasteiger partial charge is 0.477 e. The number of thioether (sulfide) groups is 1. The van der Waals surface area contributed by atoms with Crippen molar-refractivity contribution in [2.45, 2.75) is 13.3 Å². The summed E-state index contributed by atoms with van der Waals surface area (Å²) in [6, 6.07) is 7.48. The van der Waals surface area contributed by atoms with E-state index in [4.69, 9.17) is 0 Å². The van der Waals surface area contributed by atoms with E-state index >= 15 is 0 Å². The third-order valence-corrected chi connectivity index (χ3v) is 3.50. The molecule has 0 amide bonds. The second-order valence-corrected chi connectivity index (χ2v) is 5.19. The zero-order valence-corrected chi connectivity index (χ0v) is 10.7. The molecule has 2 rings (SSSR count). The van der Waals surface area contributed by atoms with Crippen LogP contribution in [0.3, 0.4) is 0 Å². The van der Waals surface area contributed by atoms with Crippen LogP contribution < -0.4 is 0 Å². The van der Waals surface area contributed by atoms with Gasteiger partial charge < -0.3 is 10.1 Å². The highest BCUT2D eigenvalue weighted by Crippen LogP contribution is 2.24. The molecule has 94 valence electrons. The monoisotopic (exact) mass is 263 g/mol. The molecule has 0 bridgehead atoms. The predicted molar refractivity (Wildman–Crippen MR) is 72.1 cm³/mol. The van der Waals surface area contributed by atoms with E-state index in [1.165, 1.54) is 18.7 Å². The Kier molecular flexibility index (Phi) is 3.72. The maximum Gasteiger partial charge on any atom is 0.352 e. The highest BCUT2D eigenvalue weighted by molar-refractivity contribution is 8.13. The average Bonchev–Trinajstić information content (AvgIpc) is 2.68. The second-order valence-electron chi connectivity index (χ2n) is 3.92. The summed E-state index contributed by atoms with van der Waals surface area (Å²) >= 11 is 1.21. The Morgan fingerprint density at radius 3 is 2.72 bits per heavy atom. The van der Waals surface area contributed by atoms with Gasteiger partial charge in [0.25, 0.3) is 0 Å². The molecular formula is C13H13NO3S. The minimum Gasteiger partial charge on any atom is -0.477 e. The maximum atomic E-state index is 11.2. The molecule has 18 heavy (non-hydrogen) atoms. The van der Waals surface area contributed by atoms with Crippen LogP contribution in [-0.4, -0.2) is 26.9 Å². The number of carboxylic acid groups (broad SMARTS) is 1. The molecule has 2 aromatic rings. The Balaban J connectivity index is 2.36. The van der Waals surface area contributed by atoms with Crippen LogP contribution in [0.2, 0.25) is 0 Å². The van der Waals surface area contributed by atoms with E-state index in [0.717, 1.165) is 16.5 Å². The Bertz CT molecular complexity index is 603. The lowest BCUT2D eigenvalue weighted by molar-refractivity contribution is -0.109. The molecule has 4 nitrogen and oxygen atoms in total. The highest BCUT2D eigenvalue weighted by atomic mass is 32.2. The van der Waals surface area contributed by atoms with Crippen LogP contribution in [0.1, 0.15) is 23.0 Å². The number of rotatable bonds is 4. The van der Waals surface area contributed by atoms with Crippen LogP contribution in [0.25, 0.3) is 10.9 Å². The van der Waals surface area contributed by atoms with Crippen molar-refractivity contribution < 1.29 is 14.7 Å². The standard InChI is InChI=1S/C13H13NO3S/c1-8(15)18-7-6-10-9-4-2-3-5-11(9)14-12(10)13(16)17/h2-5,14H,6-7H2,1H3,(H,16,17). The van der Waals surface area contributed by atoms with Gasteiger partial charge in [0.15, 0.2) is 5.12 Å². The summed E-state index contributed by atoms with van der Waals surface area (Å²) < 4.78 is 0. The number of H-pyrrole nitrogens is 1. The summed E-state index contributed by atoms with van der Waals surface area (Å²) in [5.41, 5.74) is 1.81. The van der Waals surface area contributed by atoms with Crippen molar-refractivity contribution in [2.75, 3.05) is 5.75 Å². The number of carboxylic acids is 1. The van der Waals surface area contributed by atoms with Crippen molar-refractivity contribution in [1.82, 2.24) is 4.98 Å². The predicted octanol–water partition coefficient (Wildman–Crippen LogP) is 2.69. The number of carbonyl (C=O) groups excluding carboxylic acids is 1. The molecule has 2 N–H and O–H groups in total. The van der Waals surface area contributed by atoms with Gasteiger partial charge in [-0.25, -0.2) is 4.79 Å². The number of para-hydroxylation sites is 1. The van der Waals surface area contributed by atoms with Gasteiger partial charge in [-0.05, 0) is 18.1 Å². The molecule has 1 aromatic heterocycles. The number of hydrogen-bond donors (Lipinski definition) is 2. The van der Waals surface area contributed by atoms with E-state index in [0.29, 0.717) is 12.2 Å². The first-order chi connectivity index (χ1) is 8.59. The molecule has 0 aliphatic heterocycles. The van der Waals surface area contributed by atoms with E-state index < -0.39 is 5.97 Å². The number of carbonyl (C=O) groups is 2. The van der Waals surface area contributed by atoms with Gasteiger partial charge in [-0.2, -0.15) is 0 Å². The molecule has 0 unspecified atom stereocenters. The Morgan fingerprint density at radius 1 is 1.33 bits per heavy atom. The van der Waals surface area contributed by atoms with Crippen molar-refractivity contribution in [3.05, 3.63) is 35.5 Å². The lowest BCUT2D eigenvalue weighted by atomic mass is 10.1. The molecule has 0 aliphatic carbocycles.